The Morgan fingerprint density at radius 3 is 2.62 bits per heavy atom. The van der Waals surface area contributed by atoms with Gasteiger partial charge in [-0.05, 0) is 43.2 Å². The van der Waals surface area contributed by atoms with Crippen molar-refractivity contribution in [2.24, 2.45) is 0 Å². The summed E-state index contributed by atoms with van der Waals surface area (Å²) in [6.45, 7) is 7.84. The van der Waals surface area contributed by atoms with Crippen LogP contribution in [0.2, 0.25) is 0 Å². The predicted octanol–water partition coefficient (Wildman–Crippen LogP) is 3.79. The Labute approximate surface area is 142 Å². The van der Waals surface area contributed by atoms with E-state index in [1.165, 1.54) is 5.56 Å². The molecule has 1 aromatic heterocycles. The molecular formula is C20H22N3O+. The van der Waals surface area contributed by atoms with E-state index < -0.39 is 0 Å². The SMILES string of the molecule is C=Cn1c[n+]([C@@H](C)C(=O)Nc2ccc(CC)cc2)c2ccccc21. The molecule has 0 aliphatic rings. The van der Waals surface area contributed by atoms with Crippen LogP contribution in [0.4, 0.5) is 5.69 Å². The molecule has 0 aliphatic carbocycles. The van der Waals surface area contributed by atoms with Crippen LogP contribution in [0.5, 0.6) is 0 Å². The minimum absolute atomic E-state index is 0.0452. The highest BCUT2D eigenvalue weighted by Gasteiger charge is 2.24. The van der Waals surface area contributed by atoms with Crippen LogP contribution in [0.15, 0.2) is 61.4 Å². The van der Waals surface area contributed by atoms with Gasteiger partial charge in [0.1, 0.15) is 0 Å². The molecule has 0 bridgehead atoms. The molecule has 24 heavy (non-hydrogen) atoms. The Morgan fingerprint density at radius 2 is 1.96 bits per heavy atom. The fourth-order valence-corrected chi connectivity index (χ4v) is 2.81. The first-order valence-corrected chi connectivity index (χ1v) is 8.17. The maximum Gasteiger partial charge on any atom is 0.269 e. The molecule has 0 spiro atoms. The molecule has 0 aliphatic heterocycles. The first-order valence-electron chi connectivity index (χ1n) is 8.17. The lowest BCUT2D eigenvalue weighted by molar-refractivity contribution is -0.680. The van der Waals surface area contributed by atoms with Crippen molar-refractivity contribution < 1.29 is 9.36 Å². The van der Waals surface area contributed by atoms with Crippen LogP contribution in [0.3, 0.4) is 0 Å². The fourth-order valence-electron chi connectivity index (χ4n) is 2.81. The Bertz CT molecular complexity index is 878. The number of para-hydroxylation sites is 2. The lowest BCUT2D eigenvalue weighted by Gasteiger charge is -2.10. The van der Waals surface area contributed by atoms with E-state index in [1.807, 2.05) is 70.9 Å². The summed E-state index contributed by atoms with van der Waals surface area (Å²) in [6.07, 6.45) is 4.64. The van der Waals surface area contributed by atoms with Crippen molar-refractivity contribution in [2.45, 2.75) is 26.3 Å². The number of nitrogens with one attached hydrogen (secondary N) is 1. The second-order valence-electron chi connectivity index (χ2n) is 5.82. The molecule has 0 fully saturated rings. The minimum Gasteiger partial charge on any atom is -0.322 e. The number of hydrogen-bond acceptors (Lipinski definition) is 1. The van der Waals surface area contributed by atoms with Gasteiger partial charge in [-0.1, -0.05) is 37.8 Å². The average Bonchev–Trinajstić information content (AvgIpc) is 3.00. The number of rotatable bonds is 5. The number of benzene rings is 2. The first-order chi connectivity index (χ1) is 11.6. The minimum atomic E-state index is -0.332. The topological polar surface area (TPSA) is 37.9 Å². The maximum absolute atomic E-state index is 12.6. The molecule has 0 saturated heterocycles. The van der Waals surface area contributed by atoms with Crippen LogP contribution in [-0.4, -0.2) is 10.5 Å². The summed E-state index contributed by atoms with van der Waals surface area (Å²) in [6, 6.07) is 15.6. The van der Waals surface area contributed by atoms with Crippen LogP contribution in [0, 0.1) is 0 Å². The molecule has 3 aromatic rings. The van der Waals surface area contributed by atoms with Gasteiger partial charge in [0.05, 0.1) is 6.20 Å². The number of carbonyl (C=O) groups is 1. The monoisotopic (exact) mass is 320 g/mol. The number of aryl methyl sites for hydroxylation is 1. The Hall–Kier alpha value is -2.88. The molecule has 2 aromatic carbocycles. The summed E-state index contributed by atoms with van der Waals surface area (Å²) in [5.74, 6) is -0.0452. The number of carbonyl (C=O) groups excluding carboxylic acids is 1. The maximum atomic E-state index is 12.6. The Morgan fingerprint density at radius 1 is 1.25 bits per heavy atom. The zero-order valence-corrected chi connectivity index (χ0v) is 14.1. The third-order valence-corrected chi connectivity index (χ3v) is 4.31. The van der Waals surface area contributed by atoms with Crippen LogP contribution >= 0.6 is 0 Å². The van der Waals surface area contributed by atoms with Gasteiger partial charge in [0.2, 0.25) is 6.33 Å². The van der Waals surface area contributed by atoms with E-state index in [-0.39, 0.29) is 11.9 Å². The van der Waals surface area contributed by atoms with Gasteiger partial charge < -0.3 is 5.32 Å². The molecule has 1 N–H and O–H groups in total. The molecule has 1 heterocycles. The van der Waals surface area contributed by atoms with Gasteiger partial charge in [-0.2, -0.15) is 0 Å². The van der Waals surface area contributed by atoms with Crippen molar-refractivity contribution in [1.82, 2.24) is 4.57 Å². The van der Waals surface area contributed by atoms with Gasteiger partial charge >= 0.3 is 0 Å². The highest BCUT2D eigenvalue weighted by atomic mass is 16.2. The number of aromatic nitrogens is 2. The number of anilines is 1. The number of amides is 1. The number of nitrogens with zero attached hydrogens (tertiary/aromatic N) is 2. The standard InChI is InChI=1S/C20H21N3O/c1-4-16-10-12-17(13-11-16)21-20(24)15(3)23-14-22(5-2)18-8-6-7-9-19(18)23/h5-15H,2,4H2,1,3H3/p+1/t15-/m0/s1. The van der Waals surface area contributed by atoms with Crippen molar-refractivity contribution in [2.75, 3.05) is 5.32 Å². The highest BCUT2D eigenvalue weighted by Crippen LogP contribution is 2.15. The molecule has 3 rings (SSSR count). The Kier molecular flexibility index (Phi) is 4.47. The van der Waals surface area contributed by atoms with E-state index in [0.717, 1.165) is 23.1 Å². The van der Waals surface area contributed by atoms with Gasteiger partial charge in [-0.15, -0.1) is 0 Å². The second kappa shape index (κ2) is 6.71. The highest BCUT2D eigenvalue weighted by molar-refractivity contribution is 5.92. The Balaban J connectivity index is 1.86. The lowest BCUT2D eigenvalue weighted by Crippen LogP contribution is -2.43. The van der Waals surface area contributed by atoms with Gasteiger partial charge in [-0.25, -0.2) is 9.13 Å². The van der Waals surface area contributed by atoms with Gasteiger partial charge in [-0.3, -0.25) is 4.79 Å². The normalized spacial score (nSPS) is 12.1. The average molecular weight is 320 g/mol. The fraction of sp³-hybridized carbons (Fsp3) is 0.200. The van der Waals surface area contributed by atoms with Crippen LogP contribution in [-0.2, 0) is 11.2 Å². The summed E-state index contributed by atoms with van der Waals surface area (Å²) in [5.41, 5.74) is 4.10. The van der Waals surface area contributed by atoms with Gasteiger partial charge in [0.25, 0.3) is 5.91 Å². The number of fused-ring (bicyclic) bond motifs is 1. The molecule has 1 atom stereocenters. The van der Waals surface area contributed by atoms with Crippen molar-refractivity contribution in [3.63, 3.8) is 0 Å². The van der Waals surface area contributed by atoms with Crippen LogP contribution in [0.25, 0.3) is 17.2 Å². The van der Waals surface area contributed by atoms with Gasteiger partial charge in [0, 0.05) is 5.69 Å². The molecule has 0 unspecified atom stereocenters. The third kappa shape index (κ3) is 2.95. The summed E-state index contributed by atoms with van der Waals surface area (Å²) >= 11 is 0. The molecular weight excluding hydrogens is 298 g/mol. The van der Waals surface area contributed by atoms with E-state index >= 15 is 0 Å². The van der Waals surface area contributed by atoms with Gasteiger partial charge in [0.15, 0.2) is 17.1 Å². The quantitative estimate of drug-likeness (QED) is 0.714. The molecule has 4 nitrogen and oxygen atoms in total. The first kappa shape index (κ1) is 16.0. The summed E-state index contributed by atoms with van der Waals surface area (Å²) in [7, 11) is 0. The summed E-state index contributed by atoms with van der Waals surface area (Å²) < 4.78 is 3.89. The zero-order chi connectivity index (χ0) is 17.1. The van der Waals surface area contributed by atoms with Crippen molar-refractivity contribution in [1.29, 1.82) is 0 Å². The van der Waals surface area contributed by atoms with Crippen LogP contribution < -0.4 is 9.88 Å². The summed E-state index contributed by atoms with van der Waals surface area (Å²) in [4.78, 5) is 12.6. The third-order valence-electron chi connectivity index (χ3n) is 4.31. The molecule has 0 radical (unpaired) electrons. The van der Waals surface area contributed by atoms with Crippen molar-refractivity contribution in [3.05, 3.63) is 67.0 Å². The number of imidazole rings is 1. The molecule has 0 saturated carbocycles. The molecule has 1 amide bonds. The smallest absolute Gasteiger partial charge is 0.269 e. The van der Waals surface area contributed by atoms with E-state index in [1.54, 1.807) is 6.20 Å². The van der Waals surface area contributed by atoms with E-state index in [0.29, 0.717) is 0 Å². The lowest BCUT2D eigenvalue weighted by atomic mass is 10.1. The summed E-state index contributed by atoms with van der Waals surface area (Å²) in [5, 5.41) is 2.99. The van der Waals surface area contributed by atoms with E-state index in [2.05, 4.69) is 18.8 Å². The largest absolute Gasteiger partial charge is 0.322 e. The molecule has 122 valence electrons. The van der Waals surface area contributed by atoms with E-state index in [4.69, 9.17) is 0 Å². The van der Waals surface area contributed by atoms with Crippen LogP contribution in [0.1, 0.15) is 25.5 Å². The predicted molar refractivity (Wildman–Crippen MR) is 97.7 cm³/mol. The van der Waals surface area contributed by atoms with Crippen molar-refractivity contribution >= 4 is 28.8 Å². The number of hydrogen-bond donors (Lipinski definition) is 1. The second-order valence-corrected chi connectivity index (χ2v) is 5.82. The van der Waals surface area contributed by atoms with Crippen molar-refractivity contribution in [3.8, 4) is 0 Å². The van der Waals surface area contributed by atoms with E-state index in [9.17, 15) is 4.79 Å². The zero-order valence-electron chi connectivity index (χ0n) is 14.1. The molecule has 4 heteroatoms.